The molecule has 8 heteroatoms. The summed E-state index contributed by atoms with van der Waals surface area (Å²) in [6.45, 7) is 2.42. The summed E-state index contributed by atoms with van der Waals surface area (Å²) in [5.74, 6) is 2.36. The van der Waals surface area contributed by atoms with E-state index in [-0.39, 0.29) is 30.4 Å². The third-order valence-corrected chi connectivity index (χ3v) is 6.30. The highest BCUT2D eigenvalue weighted by Gasteiger charge is 2.28. The Balaban J connectivity index is 1.17. The van der Waals surface area contributed by atoms with E-state index in [2.05, 4.69) is 15.8 Å². The number of carbonyl (C=O) groups excluding carboxylic acids is 1. The SMILES string of the molecule is O=C(C[C@@H]1CCNC[C@H]1Cc1cc(-c2ccc(F)cc2)on1)NCc1ccc2c(c1)OCO2. The first-order chi connectivity index (χ1) is 16.1. The van der Waals surface area contributed by atoms with Crippen molar-refractivity contribution in [3.05, 3.63) is 65.6 Å². The minimum atomic E-state index is -0.286. The van der Waals surface area contributed by atoms with E-state index in [9.17, 15) is 9.18 Å². The lowest BCUT2D eigenvalue weighted by Gasteiger charge is -2.31. The van der Waals surface area contributed by atoms with Gasteiger partial charge in [0.15, 0.2) is 17.3 Å². The number of halogens is 1. The zero-order valence-electron chi connectivity index (χ0n) is 18.2. The summed E-state index contributed by atoms with van der Waals surface area (Å²) >= 11 is 0. The zero-order chi connectivity index (χ0) is 22.6. The van der Waals surface area contributed by atoms with Crippen molar-refractivity contribution in [1.29, 1.82) is 0 Å². The Bertz CT molecular complexity index is 1120. The Kier molecular flexibility index (Phi) is 6.26. The highest BCUT2D eigenvalue weighted by Crippen LogP contribution is 2.32. The van der Waals surface area contributed by atoms with Gasteiger partial charge in [-0.3, -0.25) is 4.79 Å². The topological polar surface area (TPSA) is 85.6 Å². The fourth-order valence-electron chi connectivity index (χ4n) is 4.47. The van der Waals surface area contributed by atoms with Crippen LogP contribution in [0, 0.1) is 17.7 Å². The van der Waals surface area contributed by atoms with E-state index in [0.29, 0.717) is 24.5 Å². The van der Waals surface area contributed by atoms with Crippen LogP contribution in [-0.4, -0.2) is 30.9 Å². The molecule has 2 atom stereocenters. The fraction of sp³-hybridized carbons (Fsp3) is 0.360. The van der Waals surface area contributed by atoms with Gasteiger partial charge in [-0.15, -0.1) is 0 Å². The van der Waals surface area contributed by atoms with Crippen molar-refractivity contribution in [2.45, 2.75) is 25.8 Å². The smallest absolute Gasteiger partial charge is 0.231 e. The van der Waals surface area contributed by atoms with E-state index in [1.165, 1.54) is 12.1 Å². The van der Waals surface area contributed by atoms with Crippen LogP contribution in [0.1, 0.15) is 24.1 Å². The molecule has 1 aromatic heterocycles. The number of hydrogen-bond acceptors (Lipinski definition) is 6. The van der Waals surface area contributed by atoms with Crippen molar-refractivity contribution in [3.63, 3.8) is 0 Å². The van der Waals surface area contributed by atoms with E-state index < -0.39 is 0 Å². The van der Waals surface area contributed by atoms with E-state index in [4.69, 9.17) is 14.0 Å². The molecule has 7 nitrogen and oxygen atoms in total. The maximum absolute atomic E-state index is 13.2. The Morgan fingerprint density at radius 2 is 1.94 bits per heavy atom. The van der Waals surface area contributed by atoms with E-state index >= 15 is 0 Å². The van der Waals surface area contributed by atoms with Gasteiger partial charge in [0.25, 0.3) is 0 Å². The molecule has 1 saturated heterocycles. The molecule has 2 aliphatic rings. The number of nitrogens with zero attached hydrogens (tertiary/aromatic N) is 1. The van der Waals surface area contributed by atoms with Gasteiger partial charge in [-0.25, -0.2) is 4.39 Å². The number of fused-ring (bicyclic) bond motifs is 1. The van der Waals surface area contributed by atoms with Gasteiger partial charge < -0.3 is 24.6 Å². The van der Waals surface area contributed by atoms with Crippen molar-refractivity contribution in [2.24, 2.45) is 11.8 Å². The van der Waals surface area contributed by atoms with Crippen LogP contribution in [0.3, 0.4) is 0 Å². The van der Waals surface area contributed by atoms with Crippen molar-refractivity contribution in [1.82, 2.24) is 15.8 Å². The standard InChI is InChI=1S/C25H26FN3O4/c26-20-4-2-17(3-5-20)23-12-21(29-33-23)10-19-14-27-8-7-18(19)11-25(30)28-13-16-1-6-22-24(9-16)32-15-31-22/h1-6,9,12,18-19,27H,7-8,10-11,13-15H2,(H,28,30)/t18-,19+/m0/s1. The highest BCUT2D eigenvalue weighted by atomic mass is 19.1. The molecule has 0 unspecified atom stereocenters. The summed E-state index contributed by atoms with van der Waals surface area (Å²) in [6, 6.07) is 13.8. The molecular formula is C25H26FN3O4. The second-order valence-electron chi connectivity index (χ2n) is 8.57. The molecule has 3 aromatic rings. The monoisotopic (exact) mass is 451 g/mol. The van der Waals surface area contributed by atoms with Crippen LogP contribution in [0.4, 0.5) is 4.39 Å². The molecule has 0 spiro atoms. The Morgan fingerprint density at radius 1 is 1.09 bits per heavy atom. The van der Waals surface area contributed by atoms with E-state index in [0.717, 1.165) is 48.5 Å². The van der Waals surface area contributed by atoms with Crippen molar-refractivity contribution in [3.8, 4) is 22.8 Å². The first kappa shape index (κ1) is 21.5. The molecule has 1 fully saturated rings. The molecule has 1 amide bonds. The first-order valence-corrected chi connectivity index (χ1v) is 11.2. The van der Waals surface area contributed by atoms with Crippen LogP contribution >= 0.6 is 0 Å². The summed E-state index contributed by atoms with van der Waals surface area (Å²) in [5.41, 5.74) is 2.61. The lowest BCUT2D eigenvalue weighted by molar-refractivity contribution is -0.122. The average Bonchev–Trinajstić information content (AvgIpc) is 3.49. The molecule has 5 rings (SSSR count). The fourth-order valence-corrected chi connectivity index (χ4v) is 4.47. The van der Waals surface area contributed by atoms with Crippen LogP contribution in [0.2, 0.25) is 0 Å². The minimum Gasteiger partial charge on any atom is -0.454 e. The van der Waals surface area contributed by atoms with Crippen LogP contribution in [0.5, 0.6) is 11.5 Å². The molecule has 2 aliphatic heterocycles. The Morgan fingerprint density at radius 3 is 2.82 bits per heavy atom. The molecule has 0 aliphatic carbocycles. The number of rotatable bonds is 7. The molecule has 3 heterocycles. The largest absolute Gasteiger partial charge is 0.454 e. The predicted octanol–water partition coefficient (Wildman–Crippen LogP) is 3.68. The summed E-state index contributed by atoms with van der Waals surface area (Å²) in [7, 11) is 0. The zero-order valence-corrected chi connectivity index (χ0v) is 18.2. The first-order valence-electron chi connectivity index (χ1n) is 11.2. The van der Waals surface area contributed by atoms with Crippen LogP contribution in [0.25, 0.3) is 11.3 Å². The molecule has 2 N–H and O–H groups in total. The van der Waals surface area contributed by atoms with Crippen LogP contribution in [-0.2, 0) is 17.8 Å². The van der Waals surface area contributed by atoms with E-state index in [1.54, 1.807) is 12.1 Å². The summed E-state index contributed by atoms with van der Waals surface area (Å²) in [5, 5.41) is 10.7. The maximum Gasteiger partial charge on any atom is 0.231 e. The number of benzene rings is 2. The van der Waals surface area contributed by atoms with Crippen molar-refractivity contribution in [2.75, 3.05) is 19.9 Å². The number of nitrogens with one attached hydrogen (secondary N) is 2. The Labute approximate surface area is 191 Å². The average molecular weight is 451 g/mol. The molecule has 0 bridgehead atoms. The van der Waals surface area contributed by atoms with Crippen molar-refractivity contribution < 1.29 is 23.2 Å². The summed E-state index contributed by atoms with van der Waals surface area (Å²) in [6.07, 6.45) is 2.13. The molecule has 33 heavy (non-hydrogen) atoms. The molecular weight excluding hydrogens is 425 g/mol. The van der Waals surface area contributed by atoms with Crippen LogP contribution in [0.15, 0.2) is 53.1 Å². The number of hydrogen-bond donors (Lipinski definition) is 2. The number of aromatic nitrogens is 1. The quantitative estimate of drug-likeness (QED) is 0.570. The van der Waals surface area contributed by atoms with Gasteiger partial charge in [-0.2, -0.15) is 0 Å². The predicted molar refractivity (Wildman–Crippen MR) is 119 cm³/mol. The minimum absolute atomic E-state index is 0.0386. The van der Waals surface area contributed by atoms with Crippen molar-refractivity contribution >= 4 is 5.91 Å². The number of carbonyl (C=O) groups is 1. The molecule has 172 valence electrons. The highest BCUT2D eigenvalue weighted by molar-refractivity contribution is 5.76. The molecule has 2 aromatic carbocycles. The third kappa shape index (κ3) is 5.17. The van der Waals surface area contributed by atoms with Gasteiger partial charge in [0.05, 0.1) is 5.69 Å². The molecule has 0 radical (unpaired) electrons. The summed E-state index contributed by atoms with van der Waals surface area (Å²) < 4.78 is 29.4. The third-order valence-electron chi connectivity index (χ3n) is 6.30. The van der Waals surface area contributed by atoms with Gasteiger partial charge in [-0.1, -0.05) is 11.2 Å². The van der Waals surface area contributed by atoms with Gasteiger partial charge in [0.2, 0.25) is 12.7 Å². The summed E-state index contributed by atoms with van der Waals surface area (Å²) in [4.78, 5) is 12.7. The number of piperidine rings is 1. The second kappa shape index (κ2) is 9.62. The second-order valence-corrected chi connectivity index (χ2v) is 8.57. The van der Waals surface area contributed by atoms with E-state index in [1.807, 2.05) is 24.3 Å². The normalized spacial score (nSPS) is 19.4. The lowest BCUT2D eigenvalue weighted by atomic mass is 9.81. The lowest BCUT2D eigenvalue weighted by Crippen LogP contribution is -2.40. The molecule has 0 saturated carbocycles. The Hall–Kier alpha value is -3.39. The van der Waals surface area contributed by atoms with Crippen LogP contribution < -0.4 is 20.1 Å². The van der Waals surface area contributed by atoms with Gasteiger partial charge in [0.1, 0.15) is 5.82 Å². The van der Waals surface area contributed by atoms with Gasteiger partial charge >= 0.3 is 0 Å². The number of amides is 1. The number of ether oxygens (including phenoxy) is 2. The van der Waals surface area contributed by atoms with Gasteiger partial charge in [-0.05, 0) is 79.7 Å². The maximum atomic E-state index is 13.2. The van der Waals surface area contributed by atoms with Gasteiger partial charge in [0, 0.05) is 24.6 Å².